The Morgan fingerprint density at radius 3 is 2.50 bits per heavy atom. The highest BCUT2D eigenvalue weighted by Gasteiger charge is 2.51. The van der Waals surface area contributed by atoms with Gasteiger partial charge in [0.05, 0.1) is 13.2 Å². The van der Waals surface area contributed by atoms with Crippen molar-refractivity contribution in [3.8, 4) is 5.75 Å². The Morgan fingerprint density at radius 1 is 1.25 bits per heavy atom. The van der Waals surface area contributed by atoms with Crippen molar-refractivity contribution in [1.82, 2.24) is 15.5 Å². The first-order valence-electron chi connectivity index (χ1n) is 9.51. The zero-order valence-corrected chi connectivity index (χ0v) is 16.9. The number of benzene rings is 1. The maximum atomic E-state index is 13.0. The fraction of sp³-hybridized carbons (Fsp3) is 0.550. The number of carbonyl (C=O) groups excluding carboxylic acids is 3. The summed E-state index contributed by atoms with van der Waals surface area (Å²) in [7, 11) is 1.56. The number of carbonyl (C=O) groups is 3. The molecule has 0 bridgehead atoms. The average Bonchev–Trinajstić information content (AvgIpc) is 2.92. The highest BCUT2D eigenvalue weighted by atomic mass is 16.5. The van der Waals surface area contributed by atoms with E-state index in [1.807, 2.05) is 20.8 Å². The van der Waals surface area contributed by atoms with Crippen molar-refractivity contribution < 1.29 is 23.9 Å². The first-order valence-corrected chi connectivity index (χ1v) is 9.51. The van der Waals surface area contributed by atoms with Crippen molar-refractivity contribution in [2.75, 3.05) is 26.8 Å². The van der Waals surface area contributed by atoms with Gasteiger partial charge in [0, 0.05) is 13.2 Å². The van der Waals surface area contributed by atoms with E-state index >= 15 is 0 Å². The lowest BCUT2D eigenvalue weighted by atomic mass is 9.87. The molecule has 28 heavy (non-hydrogen) atoms. The average molecular weight is 391 g/mol. The summed E-state index contributed by atoms with van der Waals surface area (Å²) in [6, 6.07) is 6.40. The molecule has 1 aromatic rings. The zero-order valence-electron chi connectivity index (χ0n) is 16.9. The maximum Gasteiger partial charge on any atom is 0.325 e. The molecule has 1 fully saturated rings. The van der Waals surface area contributed by atoms with Crippen molar-refractivity contribution in [3.05, 3.63) is 29.8 Å². The molecule has 0 radical (unpaired) electrons. The van der Waals surface area contributed by atoms with E-state index in [1.54, 1.807) is 31.4 Å². The molecule has 1 heterocycles. The number of hydrogen-bond donors (Lipinski definition) is 2. The lowest BCUT2D eigenvalue weighted by molar-refractivity contribution is -0.135. The molecular formula is C20H29N3O5. The Labute approximate surface area is 165 Å². The molecule has 0 saturated carbocycles. The van der Waals surface area contributed by atoms with Crippen LogP contribution in [0.2, 0.25) is 0 Å². The minimum atomic E-state index is -1.17. The van der Waals surface area contributed by atoms with Gasteiger partial charge in [0.2, 0.25) is 5.91 Å². The van der Waals surface area contributed by atoms with Gasteiger partial charge in [-0.25, -0.2) is 4.79 Å². The van der Waals surface area contributed by atoms with Crippen LogP contribution in [0.4, 0.5) is 4.79 Å². The molecule has 1 atom stereocenters. The van der Waals surface area contributed by atoms with Crippen LogP contribution in [-0.2, 0) is 19.9 Å². The number of imide groups is 1. The Balaban J connectivity index is 2.00. The van der Waals surface area contributed by atoms with Crippen LogP contribution >= 0.6 is 0 Å². The fourth-order valence-corrected chi connectivity index (χ4v) is 3.10. The van der Waals surface area contributed by atoms with Crippen LogP contribution in [0.15, 0.2) is 24.3 Å². The third-order valence-electron chi connectivity index (χ3n) is 4.69. The van der Waals surface area contributed by atoms with Gasteiger partial charge in [0.1, 0.15) is 17.8 Å². The second kappa shape index (κ2) is 9.54. The number of hydrogen-bond acceptors (Lipinski definition) is 5. The summed E-state index contributed by atoms with van der Waals surface area (Å²) in [6.07, 6.45) is 1.17. The zero-order chi connectivity index (χ0) is 20.7. The van der Waals surface area contributed by atoms with Crippen LogP contribution < -0.4 is 15.4 Å². The molecule has 1 saturated heterocycles. The van der Waals surface area contributed by atoms with Crippen molar-refractivity contribution in [2.24, 2.45) is 0 Å². The number of urea groups is 1. The van der Waals surface area contributed by atoms with Crippen molar-refractivity contribution in [3.63, 3.8) is 0 Å². The van der Waals surface area contributed by atoms with E-state index in [4.69, 9.17) is 9.47 Å². The lowest BCUT2D eigenvalue weighted by Crippen LogP contribution is -2.45. The maximum absolute atomic E-state index is 13.0. The summed E-state index contributed by atoms with van der Waals surface area (Å²) < 4.78 is 10.6. The Morgan fingerprint density at radius 2 is 1.93 bits per heavy atom. The van der Waals surface area contributed by atoms with Gasteiger partial charge >= 0.3 is 6.03 Å². The van der Waals surface area contributed by atoms with Crippen LogP contribution in [-0.4, -0.2) is 55.7 Å². The van der Waals surface area contributed by atoms with Gasteiger partial charge in [-0.05, 0) is 44.4 Å². The molecule has 1 aliphatic heterocycles. The fourth-order valence-electron chi connectivity index (χ4n) is 3.10. The first-order chi connectivity index (χ1) is 13.3. The minimum absolute atomic E-state index is 0.141. The molecule has 1 aromatic carbocycles. The van der Waals surface area contributed by atoms with Gasteiger partial charge in [-0.2, -0.15) is 0 Å². The number of ether oxygens (including phenoxy) is 2. The second-order valence-electron chi connectivity index (χ2n) is 6.93. The summed E-state index contributed by atoms with van der Waals surface area (Å²) in [4.78, 5) is 38.6. The lowest BCUT2D eigenvalue weighted by Gasteiger charge is -2.26. The van der Waals surface area contributed by atoms with Crippen LogP contribution in [0.5, 0.6) is 5.75 Å². The van der Waals surface area contributed by atoms with Crippen LogP contribution in [0.1, 0.15) is 39.2 Å². The molecule has 8 nitrogen and oxygen atoms in total. The number of nitrogens with one attached hydrogen (secondary N) is 2. The highest BCUT2D eigenvalue weighted by molar-refractivity contribution is 6.09. The van der Waals surface area contributed by atoms with Gasteiger partial charge in [-0.3, -0.25) is 14.5 Å². The van der Waals surface area contributed by atoms with E-state index in [0.717, 1.165) is 4.90 Å². The number of nitrogens with zero attached hydrogens (tertiary/aromatic N) is 1. The Bertz CT molecular complexity index is 704. The summed E-state index contributed by atoms with van der Waals surface area (Å²) in [5, 5.41) is 5.48. The number of methoxy groups -OCH3 is 1. The van der Waals surface area contributed by atoms with E-state index in [9.17, 15) is 14.4 Å². The molecule has 4 amide bonds. The Hall–Kier alpha value is -2.61. The largest absolute Gasteiger partial charge is 0.497 e. The first kappa shape index (κ1) is 21.7. The SMILES string of the molecule is CC[C@]1(c2ccc(OC)cc2)NC(=O)N(CC(=O)NCCCOC(C)C)C1=O. The molecular weight excluding hydrogens is 362 g/mol. The van der Waals surface area contributed by atoms with E-state index in [1.165, 1.54) is 0 Å². The predicted octanol–water partition coefficient (Wildman–Crippen LogP) is 1.78. The predicted molar refractivity (Wildman–Crippen MR) is 104 cm³/mol. The van der Waals surface area contributed by atoms with E-state index in [-0.39, 0.29) is 18.6 Å². The molecule has 2 rings (SSSR count). The standard InChI is InChI=1S/C20H29N3O5/c1-5-20(15-7-9-16(27-4)10-8-15)18(25)23(19(26)22-20)13-17(24)21-11-6-12-28-14(2)3/h7-10,14H,5-6,11-13H2,1-4H3,(H,21,24)(H,22,26)/t20-/m1/s1. The summed E-state index contributed by atoms with van der Waals surface area (Å²) in [6.45, 7) is 6.36. The van der Waals surface area contributed by atoms with Crippen LogP contribution in [0.25, 0.3) is 0 Å². The van der Waals surface area contributed by atoms with Gasteiger partial charge in [0.25, 0.3) is 5.91 Å². The van der Waals surface area contributed by atoms with Gasteiger partial charge < -0.3 is 20.1 Å². The van der Waals surface area contributed by atoms with Gasteiger partial charge in [-0.15, -0.1) is 0 Å². The summed E-state index contributed by atoms with van der Waals surface area (Å²) in [5.41, 5.74) is -0.516. The summed E-state index contributed by atoms with van der Waals surface area (Å²) >= 11 is 0. The normalized spacial score (nSPS) is 19.1. The van der Waals surface area contributed by atoms with Gasteiger partial charge in [-0.1, -0.05) is 19.1 Å². The van der Waals surface area contributed by atoms with Crippen molar-refractivity contribution in [1.29, 1.82) is 0 Å². The van der Waals surface area contributed by atoms with E-state index in [2.05, 4.69) is 10.6 Å². The third-order valence-corrected chi connectivity index (χ3v) is 4.69. The molecule has 0 spiro atoms. The van der Waals surface area contributed by atoms with Crippen LogP contribution in [0.3, 0.4) is 0 Å². The number of amides is 4. The molecule has 0 aliphatic carbocycles. The highest BCUT2D eigenvalue weighted by Crippen LogP contribution is 2.33. The van der Waals surface area contributed by atoms with E-state index < -0.39 is 17.5 Å². The Kier molecular flexibility index (Phi) is 7.39. The quantitative estimate of drug-likeness (QED) is 0.468. The van der Waals surface area contributed by atoms with E-state index in [0.29, 0.717) is 37.3 Å². The topological polar surface area (TPSA) is 97.0 Å². The van der Waals surface area contributed by atoms with Crippen molar-refractivity contribution >= 4 is 17.8 Å². The molecule has 2 N–H and O–H groups in total. The second-order valence-corrected chi connectivity index (χ2v) is 6.93. The number of rotatable bonds is 10. The monoisotopic (exact) mass is 391 g/mol. The van der Waals surface area contributed by atoms with Crippen molar-refractivity contribution in [2.45, 2.75) is 45.3 Å². The van der Waals surface area contributed by atoms with Gasteiger partial charge in [0.15, 0.2) is 0 Å². The molecule has 0 aromatic heterocycles. The minimum Gasteiger partial charge on any atom is -0.497 e. The molecule has 154 valence electrons. The third kappa shape index (κ3) is 4.81. The smallest absolute Gasteiger partial charge is 0.325 e. The molecule has 0 unspecified atom stereocenters. The van der Waals surface area contributed by atoms with Crippen LogP contribution in [0, 0.1) is 0 Å². The summed E-state index contributed by atoms with van der Waals surface area (Å²) in [5.74, 6) is -0.150. The molecule has 1 aliphatic rings. The molecule has 8 heteroatoms.